The number of unbranched alkanes of at least 4 members (excludes halogenated alkanes) is 1. The van der Waals surface area contributed by atoms with Gasteiger partial charge in [-0.05, 0) is 51.3 Å². The second kappa shape index (κ2) is 7.49. The second-order valence-electron chi connectivity index (χ2n) is 4.51. The standard InChI is InChI=1S/C14H22ClNO2/c1-10(2)18-14-8-11(6-4-5-7-16)12(15)9-13(14)17-3/h8-10H,4-7,16H2,1-3H3. The Kier molecular flexibility index (Phi) is 6.30. The maximum absolute atomic E-state index is 6.23. The number of ether oxygens (including phenoxy) is 2. The molecule has 0 spiro atoms. The predicted octanol–water partition coefficient (Wildman–Crippen LogP) is 3.42. The summed E-state index contributed by atoms with van der Waals surface area (Å²) in [7, 11) is 1.62. The Labute approximate surface area is 114 Å². The molecular formula is C14H22ClNO2. The number of methoxy groups -OCH3 is 1. The zero-order valence-electron chi connectivity index (χ0n) is 11.3. The summed E-state index contributed by atoms with van der Waals surface area (Å²) in [6.07, 6.45) is 3.05. The van der Waals surface area contributed by atoms with Crippen LogP contribution < -0.4 is 15.2 Å². The first-order valence-corrected chi connectivity index (χ1v) is 6.69. The number of rotatable bonds is 7. The molecular weight excluding hydrogens is 250 g/mol. The summed E-state index contributed by atoms with van der Waals surface area (Å²) in [5.74, 6) is 1.43. The highest BCUT2D eigenvalue weighted by atomic mass is 35.5. The van der Waals surface area contributed by atoms with Crippen molar-refractivity contribution in [1.29, 1.82) is 0 Å². The van der Waals surface area contributed by atoms with Gasteiger partial charge in [0.15, 0.2) is 11.5 Å². The van der Waals surface area contributed by atoms with E-state index < -0.39 is 0 Å². The van der Waals surface area contributed by atoms with Crippen molar-refractivity contribution in [2.75, 3.05) is 13.7 Å². The summed E-state index contributed by atoms with van der Waals surface area (Å²) in [4.78, 5) is 0. The molecule has 4 heteroatoms. The minimum Gasteiger partial charge on any atom is -0.493 e. The van der Waals surface area contributed by atoms with Crippen molar-refractivity contribution >= 4 is 11.6 Å². The zero-order valence-corrected chi connectivity index (χ0v) is 12.1. The molecule has 0 fully saturated rings. The lowest BCUT2D eigenvalue weighted by atomic mass is 10.1. The molecule has 0 radical (unpaired) electrons. The van der Waals surface area contributed by atoms with Crippen LogP contribution in [0.2, 0.25) is 5.02 Å². The van der Waals surface area contributed by atoms with Crippen molar-refractivity contribution in [3.05, 3.63) is 22.7 Å². The summed E-state index contributed by atoms with van der Waals surface area (Å²) in [6.45, 7) is 4.69. The highest BCUT2D eigenvalue weighted by molar-refractivity contribution is 6.31. The van der Waals surface area contributed by atoms with Crippen LogP contribution in [0.3, 0.4) is 0 Å². The lowest BCUT2D eigenvalue weighted by Gasteiger charge is -2.16. The Morgan fingerprint density at radius 2 is 1.94 bits per heavy atom. The van der Waals surface area contributed by atoms with E-state index in [0.717, 1.165) is 35.6 Å². The van der Waals surface area contributed by atoms with Crippen LogP contribution in [0.25, 0.3) is 0 Å². The van der Waals surface area contributed by atoms with E-state index in [-0.39, 0.29) is 6.10 Å². The molecule has 0 atom stereocenters. The van der Waals surface area contributed by atoms with E-state index in [9.17, 15) is 0 Å². The Morgan fingerprint density at radius 3 is 2.50 bits per heavy atom. The number of aryl methyl sites for hydroxylation is 1. The Morgan fingerprint density at radius 1 is 1.22 bits per heavy atom. The fourth-order valence-electron chi connectivity index (χ4n) is 1.73. The molecule has 0 aliphatic rings. The van der Waals surface area contributed by atoms with E-state index in [1.54, 1.807) is 7.11 Å². The van der Waals surface area contributed by atoms with Gasteiger partial charge in [0.2, 0.25) is 0 Å². The van der Waals surface area contributed by atoms with Gasteiger partial charge in [-0.25, -0.2) is 0 Å². The first-order chi connectivity index (χ1) is 8.58. The molecule has 0 aromatic heterocycles. The lowest BCUT2D eigenvalue weighted by Crippen LogP contribution is -2.07. The molecule has 0 bridgehead atoms. The van der Waals surface area contributed by atoms with Gasteiger partial charge in [0, 0.05) is 11.1 Å². The molecule has 1 aromatic carbocycles. The normalized spacial score (nSPS) is 10.8. The van der Waals surface area contributed by atoms with Gasteiger partial charge in [0.25, 0.3) is 0 Å². The minimum absolute atomic E-state index is 0.108. The SMILES string of the molecule is COc1cc(Cl)c(CCCCN)cc1OC(C)C. The lowest BCUT2D eigenvalue weighted by molar-refractivity contribution is 0.230. The van der Waals surface area contributed by atoms with Crippen molar-refractivity contribution < 1.29 is 9.47 Å². The van der Waals surface area contributed by atoms with Crippen LogP contribution in [0.5, 0.6) is 11.5 Å². The number of halogens is 1. The summed E-state index contributed by atoms with van der Waals surface area (Å²) in [5.41, 5.74) is 6.58. The first-order valence-electron chi connectivity index (χ1n) is 6.31. The molecule has 2 N–H and O–H groups in total. The van der Waals surface area contributed by atoms with Gasteiger partial charge in [-0.15, -0.1) is 0 Å². The highest BCUT2D eigenvalue weighted by Crippen LogP contribution is 2.34. The van der Waals surface area contributed by atoms with Crippen LogP contribution in [0.15, 0.2) is 12.1 Å². The fraction of sp³-hybridized carbons (Fsp3) is 0.571. The molecule has 0 saturated heterocycles. The topological polar surface area (TPSA) is 44.5 Å². The largest absolute Gasteiger partial charge is 0.493 e. The molecule has 102 valence electrons. The van der Waals surface area contributed by atoms with E-state index >= 15 is 0 Å². The van der Waals surface area contributed by atoms with Crippen molar-refractivity contribution in [2.24, 2.45) is 5.73 Å². The molecule has 0 aliphatic carbocycles. The van der Waals surface area contributed by atoms with Gasteiger partial charge in [0.1, 0.15) is 0 Å². The maximum Gasteiger partial charge on any atom is 0.162 e. The van der Waals surface area contributed by atoms with E-state index in [0.29, 0.717) is 12.3 Å². The van der Waals surface area contributed by atoms with E-state index in [4.69, 9.17) is 26.8 Å². The third-order valence-electron chi connectivity index (χ3n) is 2.60. The number of benzene rings is 1. The van der Waals surface area contributed by atoms with Gasteiger partial charge in [0.05, 0.1) is 13.2 Å². The van der Waals surface area contributed by atoms with Crippen molar-refractivity contribution in [2.45, 2.75) is 39.2 Å². The molecule has 0 unspecified atom stereocenters. The quantitative estimate of drug-likeness (QED) is 0.773. The number of hydrogen-bond donors (Lipinski definition) is 1. The highest BCUT2D eigenvalue weighted by Gasteiger charge is 2.11. The van der Waals surface area contributed by atoms with Crippen molar-refractivity contribution in [1.82, 2.24) is 0 Å². The van der Waals surface area contributed by atoms with Crippen LogP contribution in [0.4, 0.5) is 0 Å². The monoisotopic (exact) mass is 271 g/mol. The molecule has 0 aliphatic heterocycles. The van der Waals surface area contributed by atoms with Crippen LogP contribution in [-0.2, 0) is 6.42 Å². The first kappa shape index (κ1) is 15.1. The third-order valence-corrected chi connectivity index (χ3v) is 2.95. The Balaban J connectivity index is 2.90. The van der Waals surface area contributed by atoms with Gasteiger partial charge in [-0.2, -0.15) is 0 Å². The smallest absolute Gasteiger partial charge is 0.162 e. The number of hydrogen-bond acceptors (Lipinski definition) is 3. The second-order valence-corrected chi connectivity index (χ2v) is 4.91. The molecule has 3 nitrogen and oxygen atoms in total. The minimum atomic E-state index is 0.108. The van der Waals surface area contributed by atoms with Crippen LogP contribution in [-0.4, -0.2) is 19.8 Å². The van der Waals surface area contributed by atoms with Crippen molar-refractivity contribution in [3.8, 4) is 11.5 Å². The Bertz CT molecular complexity index is 380. The average Bonchev–Trinajstić information content (AvgIpc) is 2.32. The fourth-order valence-corrected chi connectivity index (χ4v) is 1.98. The van der Waals surface area contributed by atoms with Crippen LogP contribution >= 0.6 is 11.6 Å². The van der Waals surface area contributed by atoms with Crippen molar-refractivity contribution in [3.63, 3.8) is 0 Å². The van der Waals surface area contributed by atoms with E-state index in [1.807, 2.05) is 26.0 Å². The molecule has 0 amide bonds. The van der Waals surface area contributed by atoms with E-state index in [1.165, 1.54) is 0 Å². The van der Waals surface area contributed by atoms with Gasteiger partial charge >= 0.3 is 0 Å². The average molecular weight is 272 g/mol. The summed E-state index contributed by atoms with van der Waals surface area (Å²) < 4.78 is 11.0. The molecule has 1 aromatic rings. The number of nitrogens with two attached hydrogens (primary N) is 1. The van der Waals surface area contributed by atoms with Gasteiger partial charge in [-0.3, -0.25) is 0 Å². The maximum atomic E-state index is 6.23. The third kappa shape index (κ3) is 4.39. The van der Waals surface area contributed by atoms with Crippen LogP contribution in [0, 0.1) is 0 Å². The predicted molar refractivity (Wildman–Crippen MR) is 75.8 cm³/mol. The molecule has 18 heavy (non-hydrogen) atoms. The summed E-state index contributed by atoms with van der Waals surface area (Å²) in [6, 6.07) is 3.79. The van der Waals surface area contributed by atoms with E-state index in [2.05, 4.69) is 0 Å². The summed E-state index contributed by atoms with van der Waals surface area (Å²) >= 11 is 6.23. The summed E-state index contributed by atoms with van der Waals surface area (Å²) in [5, 5.41) is 0.722. The van der Waals surface area contributed by atoms with Gasteiger partial charge < -0.3 is 15.2 Å². The van der Waals surface area contributed by atoms with Gasteiger partial charge in [-0.1, -0.05) is 11.6 Å². The zero-order chi connectivity index (χ0) is 13.5. The Hall–Kier alpha value is -0.930. The van der Waals surface area contributed by atoms with Crippen LogP contribution in [0.1, 0.15) is 32.3 Å². The molecule has 0 saturated carbocycles. The molecule has 0 heterocycles. The molecule has 1 rings (SSSR count).